The van der Waals surface area contributed by atoms with Gasteiger partial charge in [0.05, 0.1) is 6.10 Å². The third kappa shape index (κ3) is 3.79. The second-order valence-corrected chi connectivity index (χ2v) is 4.68. The molecule has 1 heterocycles. The summed E-state index contributed by atoms with van der Waals surface area (Å²) in [5.74, 6) is -0.0771. The molecule has 5 nitrogen and oxygen atoms in total. The van der Waals surface area contributed by atoms with Crippen LogP contribution in [0.1, 0.15) is 23.2 Å². The van der Waals surface area contributed by atoms with Crippen LogP contribution in [0.3, 0.4) is 0 Å². The van der Waals surface area contributed by atoms with E-state index in [-0.39, 0.29) is 17.9 Å². The van der Waals surface area contributed by atoms with Crippen molar-refractivity contribution in [2.24, 2.45) is 0 Å². The lowest BCUT2D eigenvalue weighted by Gasteiger charge is -2.35. The maximum atomic E-state index is 11.7. The highest BCUT2D eigenvalue weighted by Gasteiger charge is 2.27. The minimum Gasteiger partial charge on any atom is -0.389 e. The quantitative estimate of drug-likeness (QED) is 0.755. The van der Waals surface area contributed by atoms with Crippen LogP contribution < -0.4 is 5.32 Å². The minimum atomic E-state index is -0.360. The third-order valence-corrected chi connectivity index (χ3v) is 3.10. The first kappa shape index (κ1) is 13.5. The maximum absolute atomic E-state index is 11.7. The molecule has 0 unspecified atom stereocenters. The lowest BCUT2D eigenvalue weighted by atomic mass is 10.1. The van der Waals surface area contributed by atoms with Gasteiger partial charge in [0.1, 0.15) is 0 Å². The number of nitrogens with one attached hydrogen (secondary N) is 1. The highest BCUT2D eigenvalue weighted by molar-refractivity contribution is 5.94. The number of benzene rings is 1. The predicted octanol–water partition coefficient (Wildman–Crippen LogP) is 0.400. The number of hydrogen-bond donors (Lipinski definition) is 2. The van der Waals surface area contributed by atoms with Crippen LogP contribution in [0.2, 0.25) is 0 Å². The number of aliphatic hydroxyl groups excluding tert-OH is 1. The van der Waals surface area contributed by atoms with Crippen molar-refractivity contribution < 1.29 is 14.7 Å². The van der Waals surface area contributed by atoms with E-state index in [1.807, 2.05) is 18.2 Å². The summed E-state index contributed by atoms with van der Waals surface area (Å²) < 4.78 is 0. The highest BCUT2D eigenvalue weighted by atomic mass is 16.3. The Morgan fingerprint density at radius 3 is 2.58 bits per heavy atom. The second kappa shape index (κ2) is 6.33. The summed E-state index contributed by atoms with van der Waals surface area (Å²) in [7, 11) is 0. The third-order valence-electron chi connectivity index (χ3n) is 3.10. The van der Waals surface area contributed by atoms with Gasteiger partial charge in [-0.05, 0) is 18.6 Å². The lowest BCUT2D eigenvalue weighted by Crippen LogP contribution is -2.53. The van der Waals surface area contributed by atoms with Crippen LogP contribution in [0, 0.1) is 0 Å². The fourth-order valence-electron chi connectivity index (χ4n) is 1.95. The first-order chi connectivity index (χ1) is 9.16. The summed E-state index contributed by atoms with van der Waals surface area (Å²) in [5.41, 5.74) is 0.625. The first-order valence-electron chi connectivity index (χ1n) is 6.46. The lowest BCUT2D eigenvalue weighted by molar-refractivity contribution is -0.141. The monoisotopic (exact) mass is 262 g/mol. The Morgan fingerprint density at radius 2 is 1.95 bits per heavy atom. The fraction of sp³-hybridized carbons (Fsp3) is 0.429. The van der Waals surface area contributed by atoms with Gasteiger partial charge in [-0.25, -0.2) is 0 Å². The zero-order chi connectivity index (χ0) is 13.7. The molecule has 0 radical (unpaired) electrons. The molecule has 1 aliphatic heterocycles. The second-order valence-electron chi connectivity index (χ2n) is 4.68. The molecule has 102 valence electrons. The van der Waals surface area contributed by atoms with E-state index in [0.717, 1.165) is 0 Å². The normalized spacial score (nSPS) is 14.9. The molecule has 5 heteroatoms. The number of β-amino-alcohol motifs (C(OH)–C–C–N with tert-alkyl or cyclic N) is 1. The van der Waals surface area contributed by atoms with E-state index in [0.29, 0.717) is 38.0 Å². The van der Waals surface area contributed by atoms with Crippen molar-refractivity contribution in [2.45, 2.75) is 18.9 Å². The van der Waals surface area contributed by atoms with Gasteiger partial charge in [0.25, 0.3) is 5.91 Å². The number of nitrogens with zero attached hydrogens (tertiary/aromatic N) is 1. The number of carbonyl (C=O) groups excluding carboxylic acids is 2. The Morgan fingerprint density at radius 1 is 1.26 bits per heavy atom. The summed E-state index contributed by atoms with van der Waals surface area (Å²) >= 11 is 0. The van der Waals surface area contributed by atoms with E-state index >= 15 is 0 Å². The van der Waals surface area contributed by atoms with Gasteiger partial charge in [-0.1, -0.05) is 18.2 Å². The number of likely N-dealkylation sites (tertiary alicyclic amines) is 1. The molecule has 0 atom stereocenters. The fourth-order valence-corrected chi connectivity index (χ4v) is 1.95. The average molecular weight is 262 g/mol. The minimum absolute atomic E-state index is 0.0410. The molecular weight excluding hydrogens is 244 g/mol. The molecule has 0 saturated carbocycles. The maximum Gasteiger partial charge on any atom is 0.251 e. The smallest absolute Gasteiger partial charge is 0.251 e. The predicted molar refractivity (Wildman–Crippen MR) is 70.6 cm³/mol. The van der Waals surface area contributed by atoms with Gasteiger partial charge in [0, 0.05) is 31.6 Å². The van der Waals surface area contributed by atoms with E-state index in [1.54, 1.807) is 17.0 Å². The van der Waals surface area contributed by atoms with Crippen LogP contribution in [0.5, 0.6) is 0 Å². The largest absolute Gasteiger partial charge is 0.389 e. The van der Waals surface area contributed by atoms with Gasteiger partial charge >= 0.3 is 0 Å². The van der Waals surface area contributed by atoms with Gasteiger partial charge in [0.15, 0.2) is 0 Å². The first-order valence-corrected chi connectivity index (χ1v) is 6.46. The summed E-state index contributed by atoms with van der Waals surface area (Å²) in [5, 5.41) is 11.9. The van der Waals surface area contributed by atoms with Crippen molar-refractivity contribution in [3.8, 4) is 0 Å². The van der Waals surface area contributed by atoms with Crippen LogP contribution in [-0.4, -0.2) is 47.6 Å². The Labute approximate surface area is 112 Å². The zero-order valence-electron chi connectivity index (χ0n) is 10.7. The van der Waals surface area contributed by atoms with E-state index < -0.39 is 0 Å². The van der Waals surface area contributed by atoms with Crippen molar-refractivity contribution in [1.29, 1.82) is 0 Å². The molecule has 0 aliphatic carbocycles. The molecule has 1 fully saturated rings. The van der Waals surface area contributed by atoms with Crippen LogP contribution in [0.15, 0.2) is 30.3 Å². The van der Waals surface area contributed by atoms with Gasteiger partial charge in [0.2, 0.25) is 5.91 Å². The molecule has 0 bridgehead atoms. The van der Waals surface area contributed by atoms with Crippen molar-refractivity contribution in [1.82, 2.24) is 10.2 Å². The summed E-state index contributed by atoms with van der Waals surface area (Å²) in [4.78, 5) is 24.9. The van der Waals surface area contributed by atoms with E-state index in [1.165, 1.54) is 0 Å². The Hall–Kier alpha value is -1.88. The molecule has 1 aromatic carbocycles. The van der Waals surface area contributed by atoms with Crippen molar-refractivity contribution >= 4 is 11.8 Å². The van der Waals surface area contributed by atoms with Crippen LogP contribution in [0.25, 0.3) is 0 Å². The van der Waals surface area contributed by atoms with Gasteiger partial charge in [-0.3, -0.25) is 9.59 Å². The molecular formula is C14H18N2O3. The molecule has 2 N–H and O–H groups in total. The molecule has 1 saturated heterocycles. The number of carbonyl (C=O) groups is 2. The van der Waals surface area contributed by atoms with Gasteiger partial charge < -0.3 is 15.3 Å². The van der Waals surface area contributed by atoms with Crippen LogP contribution in [0.4, 0.5) is 0 Å². The molecule has 2 amide bonds. The molecule has 19 heavy (non-hydrogen) atoms. The Balaban J connectivity index is 1.62. The summed E-state index contributed by atoms with van der Waals surface area (Å²) in [6.07, 6.45) is 0.660. The number of aliphatic hydroxyl groups is 1. The Bertz CT molecular complexity index is 441. The van der Waals surface area contributed by atoms with Crippen molar-refractivity contribution in [3.63, 3.8) is 0 Å². The van der Waals surface area contributed by atoms with Gasteiger partial charge in [-0.2, -0.15) is 0 Å². The van der Waals surface area contributed by atoms with Crippen LogP contribution >= 0.6 is 0 Å². The van der Waals surface area contributed by atoms with E-state index in [9.17, 15) is 9.59 Å². The molecule has 1 aromatic rings. The van der Waals surface area contributed by atoms with E-state index in [2.05, 4.69) is 5.32 Å². The molecule has 1 aliphatic rings. The Kier molecular flexibility index (Phi) is 4.52. The van der Waals surface area contributed by atoms with Crippen molar-refractivity contribution in [2.75, 3.05) is 19.6 Å². The number of rotatable bonds is 5. The molecule has 2 rings (SSSR count). The highest BCUT2D eigenvalue weighted by Crippen LogP contribution is 2.09. The van der Waals surface area contributed by atoms with Gasteiger partial charge in [-0.15, -0.1) is 0 Å². The summed E-state index contributed by atoms with van der Waals surface area (Å²) in [6.45, 7) is 1.36. The molecule has 0 spiro atoms. The number of hydrogen-bond acceptors (Lipinski definition) is 3. The summed E-state index contributed by atoms with van der Waals surface area (Å²) in [6, 6.07) is 8.99. The average Bonchev–Trinajstić information content (AvgIpc) is 2.40. The number of amides is 2. The molecule has 0 aromatic heterocycles. The SMILES string of the molecule is O=C(NCCCC(=O)N1CC(O)C1)c1ccccc1. The van der Waals surface area contributed by atoms with Crippen LogP contribution in [-0.2, 0) is 4.79 Å². The zero-order valence-corrected chi connectivity index (χ0v) is 10.7. The van der Waals surface area contributed by atoms with Crippen molar-refractivity contribution in [3.05, 3.63) is 35.9 Å². The topological polar surface area (TPSA) is 69.6 Å². The van der Waals surface area contributed by atoms with E-state index in [4.69, 9.17) is 5.11 Å². The standard InChI is InChI=1S/C14H18N2O3/c17-12-9-16(10-12)13(18)7-4-8-15-14(19)11-5-2-1-3-6-11/h1-3,5-6,12,17H,4,7-10H2,(H,15,19).